The van der Waals surface area contributed by atoms with Gasteiger partial charge in [-0.15, -0.1) is 69.9 Å². The van der Waals surface area contributed by atoms with E-state index >= 15 is 0 Å². The molecule has 4 atom stereocenters. The van der Waals surface area contributed by atoms with Gasteiger partial charge in [-0.05, 0) is 88.0 Å². The molecule has 0 bridgehead atoms. The number of fused-ring (bicyclic) bond motifs is 2. The van der Waals surface area contributed by atoms with Crippen molar-refractivity contribution in [1.82, 2.24) is 0 Å². The quantitative estimate of drug-likeness (QED) is 0.246. The summed E-state index contributed by atoms with van der Waals surface area (Å²) in [5, 5.41) is 0. The van der Waals surface area contributed by atoms with Gasteiger partial charge < -0.3 is 18.9 Å². The van der Waals surface area contributed by atoms with Crippen molar-refractivity contribution < 1.29 is 18.9 Å². The maximum absolute atomic E-state index is 6.47. The molecule has 14 heteroatoms. The largest absolute Gasteiger partial charge is 0.487 e. The molecule has 0 saturated heterocycles. The second kappa shape index (κ2) is 14.5. The van der Waals surface area contributed by atoms with Gasteiger partial charge in [0.15, 0.2) is 23.0 Å². The molecule has 2 aromatic carbocycles. The Balaban J connectivity index is 1.80. The number of rotatable bonds is 0. The van der Waals surface area contributed by atoms with Crippen LogP contribution in [0.2, 0.25) is 0 Å². The molecule has 4 nitrogen and oxygen atoms in total. The maximum Gasteiger partial charge on any atom is 0.162 e. The van der Waals surface area contributed by atoms with Gasteiger partial charge in [-0.1, -0.05) is 0 Å². The Kier molecular flexibility index (Phi) is 12.8. The molecular weight excluding hydrogens is 830 g/mol. The number of halogens is 8. The highest BCUT2D eigenvalue weighted by atomic mass is 79.9. The van der Waals surface area contributed by atoms with Gasteiger partial charge in [0.1, 0.15) is 45.3 Å². The van der Waals surface area contributed by atoms with Crippen LogP contribution in [-0.4, -0.2) is 45.3 Å². The van der Waals surface area contributed by atoms with Crippen LogP contribution in [0.5, 0.6) is 23.0 Å². The summed E-state index contributed by atoms with van der Waals surface area (Å²) in [7, 11) is 0. The first-order valence-electron chi connectivity index (χ1n) is 9.49. The zero-order valence-electron chi connectivity index (χ0n) is 16.9. The lowest BCUT2D eigenvalue weighted by atomic mass is 10.3. The van der Waals surface area contributed by atoms with Crippen LogP contribution in [0.1, 0.15) is 0 Å². The number of thioether (sulfide) groups is 2. The Bertz CT molecular complexity index is 843. The first-order chi connectivity index (χ1) is 16.1. The summed E-state index contributed by atoms with van der Waals surface area (Å²) in [6, 6.07) is 7.20. The molecule has 0 N–H and O–H groups in total. The standard InChI is InChI=1S/C20H16Br4Cl4O4S2/c21-9-1-13-14(2-10(9)22)30-6-18(26)34-20(28)8-32-16-4-12(24)11(23)3-15(16)31-7-19(27)33-17(25)5-29-13/h1-4,17-20H,5-8H2/t17-,18+,19-,20+. The van der Waals surface area contributed by atoms with E-state index in [-0.39, 0.29) is 26.4 Å². The number of hydrogen-bond donors (Lipinski definition) is 0. The molecule has 3 rings (SSSR count). The Morgan fingerprint density at radius 2 is 0.706 bits per heavy atom. The van der Waals surface area contributed by atoms with Gasteiger partial charge in [-0.25, -0.2) is 0 Å². The molecule has 2 aromatic rings. The van der Waals surface area contributed by atoms with Crippen LogP contribution >= 0.6 is 134 Å². The first kappa shape index (κ1) is 30.0. The van der Waals surface area contributed by atoms with Crippen molar-refractivity contribution in [1.29, 1.82) is 0 Å². The van der Waals surface area contributed by atoms with Crippen molar-refractivity contribution in [3.05, 3.63) is 42.2 Å². The lowest BCUT2D eigenvalue weighted by molar-refractivity contribution is 0.279. The summed E-state index contributed by atoms with van der Waals surface area (Å²) in [6.07, 6.45) is 0. The van der Waals surface area contributed by atoms with Gasteiger partial charge in [0.25, 0.3) is 0 Å². The molecule has 1 heterocycles. The smallest absolute Gasteiger partial charge is 0.162 e. The molecular formula is C20H16Br4Cl4O4S2. The summed E-state index contributed by atoms with van der Waals surface area (Å²) in [5.41, 5.74) is 0. The monoisotopic (exact) mass is 840 g/mol. The lowest BCUT2D eigenvalue weighted by Crippen LogP contribution is -2.18. The van der Waals surface area contributed by atoms with Crippen LogP contribution in [-0.2, 0) is 0 Å². The predicted molar refractivity (Wildman–Crippen MR) is 159 cm³/mol. The number of alkyl halides is 4. The summed E-state index contributed by atoms with van der Waals surface area (Å²) < 4.78 is 25.3. The molecule has 188 valence electrons. The van der Waals surface area contributed by atoms with Gasteiger partial charge in [0.05, 0.1) is 0 Å². The van der Waals surface area contributed by atoms with Gasteiger partial charge in [-0.2, -0.15) is 0 Å². The van der Waals surface area contributed by atoms with Crippen LogP contribution in [0.15, 0.2) is 42.2 Å². The van der Waals surface area contributed by atoms with Crippen LogP contribution in [0.4, 0.5) is 0 Å². The highest BCUT2D eigenvalue weighted by Crippen LogP contribution is 2.40. The minimum absolute atomic E-state index is 0.195. The lowest BCUT2D eigenvalue weighted by Gasteiger charge is -2.21. The van der Waals surface area contributed by atoms with E-state index in [0.717, 1.165) is 17.9 Å². The van der Waals surface area contributed by atoms with Crippen LogP contribution in [0, 0.1) is 0 Å². The molecule has 0 aliphatic carbocycles. The molecule has 0 aromatic heterocycles. The normalized spacial score (nSPS) is 24.7. The van der Waals surface area contributed by atoms with Gasteiger partial charge in [0, 0.05) is 17.9 Å². The Morgan fingerprint density at radius 1 is 0.500 bits per heavy atom. The molecule has 0 fully saturated rings. The van der Waals surface area contributed by atoms with E-state index in [9.17, 15) is 0 Å². The van der Waals surface area contributed by atoms with E-state index in [0.29, 0.717) is 23.0 Å². The number of hydrogen-bond acceptors (Lipinski definition) is 6. The van der Waals surface area contributed by atoms with Crippen molar-refractivity contribution in [2.75, 3.05) is 26.4 Å². The fourth-order valence-electron chi connectivity index (χ4n) is 2.57. The highest BCUT2D eigenvalue weighted by molar-refractivity contribution is 9.13. The van der Waals surface area contributed by atoms with Gasteiger partial charge >= 0.3 is 0 Å². The minimum Gasteiger partial charge on any atom is -0.487 e. The first-order valence-corrected chi connectivity index (χ1v) is 16.3. The van der Waals surface area contributed by atoms with Gasteiger partial charge in [-0.3, -0.25) is 0 Å². The van der Waals surface area contributed by atoms with E-state index < -0.39 is 18.8 Å². The fourth-order valence-corrected chi connectivity index (χ4v) is 7.15. The van der Waals surface area contributed by atoms with Crippen molar-refractivity contribution in [3.8, 4) is 23.0 Å². The second-order valence-electron chi connectivity index (χ2n) is 6.58. The molecule has 1 aliphatic heterocycles. The number of ether oxygens (including phenoxy) is 4. The van der Waals surface area contributed by atoms with Crippen molar-refractivity contribution in [2.45, 2.75) is 18.8 Å². The second-order valence-corrected chi connectivity index (χ2v) is 16.0. The highest BCUT2D eigenvalue weighted by Gasteiger charge is 2.21. The predicted octanol–water partition coefficient (Wildman–Crippen LogP) is 9.69. The average molecular weight is 846 g/mol. The topological polar surface area (TPSA) is 36.9 Å². The third kappa shape index (κ3) is 9.31. The Hall–Kier alpha value is 1.42. The molecule has 34 heavy (non-hydrogen) atoms. The minimum atomic E-state index is -0.430. The van der Waals surface area contributed by atoms with Crippen LogP contribution in [0.25, 0.3) is 0 Å². The summed E-state index contributed by atoms with van der Waals surface area (Å²) in [5.74, 6) is 2.09. The van der Waals surface area contributed by atoms with E-state index in [2.05, 4.69) is 63.7 Å². The molecule has 0 amide bonds. The third-order valence-electron chi connectivity index (χ3n) is 4.04. The SMILES string of the molecule is Cl[C@@H]1COc2cc(Br)c(Br)cc2OC[C@H](Cl)S[C@@H](Cl)COc2cc(Br)c(Br)cc2OC[C@@H](Cl)S1. The van der Waals surface area contributed by atoms with E-state index in [1.165, 1.54) is 23.5 Å². The van der Waals surface area contributed by atoms with Crippen molar-refractivity contribution >= 4 is 134 Å². The van der Waals surface area contributed by atoms with Crippen LogP contribution < -0.4 is 18.9 Å². The van der Waals surface area contributed by atoms with Gasteiger partial charge in [0.2, 0.25) is 0 Å². The fraction of sp³-hybridized carbons (Fsp3) is 0.400. The third-order valence-corrected chi connectivity index (χ3v) is 11.2. The molecule has 0 spiro atoms. The zero-order valence-corrected chi connectivity index (χ0v) is 27.9. The van der Waals surface area contributed by atoms with E-state index in [1.807, 2.05) is 0 Å². The zero-order chi connectivity index (χ0) is 24.8. The van der Waals surface area contributed by atoms with Crippen molar-refractivity contribution in [2.24, 2.45) is 0 Å². The Morgan fingerprint density at radius 3 is 0.912 bits per heavy atom. The molecule has 0 radical (unpaired) electrons. The maximum atomic E-state index is 6.47. The molecule has 0 saturated carbocycles. The summed E-state index contributed by atoms with van der Waals surface area (Å²) in [6.45, 7) is 0.781. The number of benzene rings is 2. The molecule has 1 aliphatic rings. The summed E-state index contributed by atoms with van der Waals surface area (Å²) in [4.78, 5) is 0. The van der Waals surface area contributed by atoms with Crippen molar-refractivity contribution in [3.63, 3.8) is 0 Å². The average Bonchev–Trinajstić information content (AvgIpc) is 2.77. The van der Waals surface area contributed by atoms with E-state index in [1.54, 1.807) is 24.3 Å². The van der Waals surface area contributed by atoms with E-state index in [4.69, 9.17) is 65.4 Å². The van der Waals surface area contributed by atoms with Crippen LogP contribution in [0.3, 0.4) is 0 Å². The Labute approximate surface area is 260 Å². The molecule has 0 unspecified atom stereocenters. The summed E-state index contributed by atoms with van der Waals surface area (Å²) >= 11 is 42.4.